The van der Waals surface area contributed by atoms with E-state index in [9.17, 15) is 100 Å². The van der Waals surface area contributed by atoms with E-state index in [2.05, 4.69) is 91.0 Å². The Morgan fingerprint density at radius 1 is 0.504 bits per heavy atom. The summed E-state index contributed by atoms with van der Waals surface area (Å²) in [6.45, 7) is 2.05. The van der Waals surface area contributed by atoms with Gasteiger partial charge in [-0.15, -0.1) is 0 Å². The molecule has 726 valence electrons. The van der Waals surface area contributed by atoms with Crippen molar-refractivity contribution in [2.24, 2.45) is 17.2 Å². The van der Waals surface area contributed by atoms with Crippen LogP contribution in [0.3, 0.4) is 0 Å². The number of aromatic amines is 2. The van der Waals surface area contributed by atoms with Gasteiger partial charge in [-0.3, -0.25) is 86.8 Å². The summed E-state index contributed by atoms with van der Waals surface area (Å²) >= 11 is 0. The second-order valence-electron chi connectivity index (χ2n) is 32.6. The molecule has 26 N–H and O–H groups in total. The molecule has 4 aromatic rings. The van der Waals surface area contributed by atoms with Gasteiger partial charge in [0.05, 0.1) is 63.1 Å². The standard InChI is InChI=1S/C87H136N22O21S/c1-4-7-9-10-11-12-13-14-15-16-17-18-22-36-74(116)108-131(129,130)40-28-37-73(115)96-49-75(117)99-69(52-110)84(126)105-68(45-72(88)114)83(125)104-67(43-57-47-93-54-98-57)82(124)107-70(53-111)85(127)101-63(32-8-5-2)78(120)97-50-76(118)109-51-59(113)44-71(109)86(128)106-65(41-55-29-20-19-21-30-55)80(122)102-64(35-27-39-94-87(90)91)79(121)103-66(42-56-46-95-61-33-24-23-31-60(56)61)81(123)100-62(77(89)119)34-25-26-38-92-48-58(112)6-3/h19-21,23-24,29-31,33,46-47,54,59,62-71,92,95,110-111,113H,4-18,22,25-28,32,34-45,48-53H2,1-3H3,(H2,88,114)(H2,89,119)(H,93,98)(H,96,115)(H,97,120)(H,99,117)(H,100,123)(H,101,127)(H,102,122)(H,103,121)(H,104,125)(H,105,126)(H,106,128)(H,107,124)(H,108,116)(H4,90,91,94)/t59-,62+,63+,64+,65-,66+,67+,68-,69+,70+,71+/m1/s1. The van der Waals surface area contributed by atoms with E-state index in [0.29, 0.717) is 60.7 Å². The topological polar surface area (TPSA) is 686 Å². The summed E-state index contributed by atoms with van der Waals surface area (Å²) < 4.78 is 27.3. The Labute approximate surface area is 762 Å². The number of carbonyl (C=O) groups excluding carboxylic acids is 16. The van der Waals surface area contributed by atoms with E-state index in [-0.39, 0.29) is 94.7 Å². The van der Waals surface area contributed by atoms with Crippen LogP contribution in [0.5, 0.6) is 0 Å². The van der Waals surface area contributed by atoms with Crippen LogP contribution in [0.2, 0.25) is 0 Å². The molecule has 2 aromatic heterocycles. The molecule has 0 aliphatic carbocycles. The van der Waals surface area contributed by atoms with Gasteiger partial charge in [-0.2, -0.15) is 0 Å². The molecule has 11 atom stereocenters. The molecule has 2 aromatic carbocycles. The summed E-state index contributed by atoms with van der Waals surface area (Å²) in [5, 5.41) is 73.0. The number of aliphatic hydroxyl groups is 3. The lowest BCUT2D eigenvalue weighted by molar-refractivity contribution is -0.140. The Kier molecular flexibility index (Phi) is 50.2. The molecule has 43 nitrogen and oxygen atoms in total. The van der Waals surface area contributed by atoms with Crippen molar-refractivity contribution in [1.82, 2.24) is 93.7 Å². The van der Waals surface area contributed by atoms with Crippen LogP contribution in [0.1, 0.15) is 211 Å². The number of benzene rings is 2. The molecule has 15 amide bonds. The number of aliphatic hydroxyl groups excluding tert-OH is 3. The maximum absolute atomic E-state index is 14.9. The van der Waals surface area contributed by atoms with E-state index in [4.69, 9.17) is 22.6 Å². The minimum atomic E-state index is -4.10. The van der Waals surface area contributed by atoms with E-state index in [1.807, 2.05) is 10.8 Å². The molecular formula is C87H136N22O21S. The molecular weight excluding hydrogens is 1720 g/mol. The van der Waals surface area contributed by atoms with Crippen molar-refractivity contribution < 1.29 is 100 Å². The SMILES string of the molecule is CCCCCCCCCCCCCCCC(=O)NS(=O)(=O)CCCC(=O)NCC(=O)N[C@@H](CO)C(=O)N[C@H](CC(N)=O)C(=O)N[C@@H](Cc1c[nH]cn1)C(=O)N[C@@H](CO)C(=O)N[C@@H](CCCC)C(=O)NCC(=O)N1C[C@H](O)C[C@H]1C(=O)N[C@H](Cc1ccccc1)C(=O)N[C@@H](CCCNC(=N)N)C(=O)N[C@@H](Cc1c[nH]c2ccccc12)C(=O)N[C@@H](CCCCNCC(=O)CC)C(N)=O. The first-order valence-corrected chi connectivity index (χ1v) is 46.8. The number of ketones is 1. The number of imidazole rings is 1. The highest BCUT2D eigenvalue weighted by atomic mass is 32.2. The number of hydrogen-bond donors (Lipinski definition) is 23. The molecule has 1 fully saturated rings. The van der Waals surface area contributed by atoms with Gasteiger partial charge in [-0.05, 0) is 75.1 Å². The zero-order valence-corrected chi connectivity index (χ0v) is 75.9. The number of H-pyrrole nitrogens is 2. The van der Waals surface area contributed by atoms with Crippen LogP contribution in [0, 0.1) is 5.41 Å². The van der Waals surface area contributed by atoms with E-state index < -0.39 is 223 Å². The van der Waals surface area contributed by atoms with E-state index in [1.165, 1.54) is 57.5 Å². The number of para-hydroxylation sites is 1. The number of likely N-dealkylation sites (tertiary alicyclic amines) is 1. The van der Waals surface area contributed by atoms with E-state index in [0.717, 1.165) is 37.0 Å². The molecule has 0 unspecified atom stereocenters. The molecule has 0 saturated carbocycles. The molecule has 0 spiro atoms. The zero-order valence-electron chi connectivity index (χ0n) is 75.1. The fraction of sp³-hybridized carbons (Fsp3) is 0.609. The molecule has 1 aliphatic rings. The first kappa shape index (κ1) is 109. The van der Waals surface area contributed by atoms with Gasteiger partial charge in [0.1, 0.15) is 66.2 Å². The number of β-amino-alcohol motifs (C(OH)–C–C–N with tert-alkyl or cyclic N) is 1. The molecule has 1 aliphatic heterocycles. The lowest BCUT2D eigenvalue weighted by Gasteiger charge is -2.28. The number of rotatable bonds is 67. The number of carbonyl (C=O) groups is 16. The fourth-order valence-corrected chi connectivity index (χ4v) is 15.6. The lowest BCUT2D eigenvalue weighted by Crippen LogP contribution is -2.61. The summed E-state index contributed by atoms with van der Waals surface area (Å²) in [4.78, 5) is 229. The predicted molar refractivity (Wildman–Crippen MR) is 483 cm³/mol. The maximum atomic E-state index is 14.9. The third kappa shape index (κ3) is 42.2. The number of nitrogens with two attached hydrogens (primary N) is 3. The second kappa shape index (κ2) is 60.0. The number of unbranched alkanes of at least 4 members (excludes halogenated alkanes) is 14. The monoisotopic (exact) mass is 1860 g/mol. The van der Waals surface area contributed by atoms with Crippen LogP contribution in [0.15, 0.2) is 73.3 Å². The average Bonchev–Trinajstić information content (AvgIpc) is 1.68. The third-order valence-electron chi connectivity index (χ3n) is 21.9. The van der Waals surface area contributed by atoms with Crippen LogP contribution in [-0.2, 0) is 106 Å². The van der Waals surface area contributed by atoms with E-state index in [1.54, 1.807) is 68.6 Å². The fourth-order valence-electron chi connectivity index (χ4n) is 14.5. The van der Waals surface area contributed by atoms with Gasteiger partial charge in [0, 0.05) is 81.3 Å². The maximum Gasteiger partial charge on any atom is 0.245 e. The number of hydrogen-bond acceptors (Lipinski definition) is 24. The van der Waals surface area contributed by atoms with Crippen molar-refractivity contribution in [1.29, 1.82) is 5.41 Å². The first-order valence-electron chi connectivity index (χ1n) is 45.1. The summed E-state index contributed by atoms with van der Waals surface area (Å²) in [7, 11) is -4.10. The summed E-state index contributed by atoms with van der Waals surface area (Å²) in [5.41, 5.74) is 18.8. The Morgan fingerprint density at radius 2 is 1.03 bits per heavy atom. The number of nitrogens with one attached hydrogen (secondary N) is 17. The van der Waals surface area contributed by atoms with Crippen molar-refractivity contribution in [3.05, 3.63) is 90.1 Å². The van der Waals surface area contributed by atoms with Gasteiger partial charge in [-0.1, -0.05) is 159 Å². The van der Waals surface area contributed by atoms with Gasteiger partial charge < -0.3 is 117 Å². The van der Waals surface area contributed by atoms with Gasteiger partial charge in [0.25, 0.3) is 0 Å². The van der Waals surface area contributed by atoms with Crippen molar-refractivity contribution in [2.75, 3.05) is 58.2 Å². The van der Waals surface area contributed by atoms with Crippen molar-refractivity contribution in [3.8, 4) is 0 Å². The Balaban J connectivity index is 1.21. The number of guanidine groups is 1. The number of sulfonamides is 1. The summed E-state index contributed by atoms with van der Waals surface area (Å²) in [6, 6.07) is -0.393. The highest BCUT2D eigenvalue weighted by molar-refractivity contribution is 7.90. The molecule has 0 bridgehead atoms. The number of nitrogens with zero attached hydrogens (tertiary/aromatic N) is 2. The molecule has 3 heterocycles. The minimum Gasteiger partial charge on any atom is -0.394 e. The van der Waals surface area contributed by atoms with Crippen molar-refractivity contribution >= 4 is 121 Å². The van der Waals surface area contributed by atoms with Crippen LogP contribution in [0.25, 0.3) is 10.9 Å². The van der Waals surface area contributed by atoms with Crippen LogP contribution in [0.4, 0.5) is 0 Å². The quantitative estimate of drug-likeness (QED) is 0.0126. The van der Waals surface area contributed by atoms with Gasteiger partial charge in [0.2, 0.25) is 98.6 Å². The van der Waals surface area contributed by atoms with E-state index >= 15 is 0 Å². The number of Topliss-reactive ketones (excluding diaryl/α,β-unsaturated/α-hetero) is 1. The summed E-state index contributed by atoms with van der Waals surface area (Å²) in [5.74, 6) is -15.7. The van der Waals surface area contributed by atoms with Crippen molar-refractivity contribution in [2.45, 2.75) is 280 Å². The van der Waals surface area contributed by atoms with Crippen molar-refractivity contribution in [3.63, 3.8) is 0 Å². The largest absolute Gasteiger partial charge is 0.394 e. The third-order valence-corrected chi connectivity index (χ3v) is 23.2. The van der Waals surface area contributed by atoms with Gasteiger partial charge in [0.15, 0.2) is 5.96 Å². The van der Waals surface area contributed by atoms with Crippen LogP contribution < -0.4 is 91.0 Å². The number of fused-ring (bicyclic) bond motifs is 1. The predicted octanol–water partition coefficient (Wildman–Crippen LogP) is -2.28. The van der Waals surface area contributed by atoms with Crippen LogP contribution in [-0.4, -0.2) is 269 Å². The number of primary amides is 2. The molecule has 1 saturated heterocycles. The highest BCUT2D eigenvalue weighted by Gasteiger charge is 2.42. The first-order chi connectivity index (χ1) is 62.7. The minimum absolute atomic E-state index is 0.0146. The smallest absolute Gasteiger partial charge is 0.245 e. The Morgan fingerprint density at radius 3 is 1.63 bits per heavy atom. The summed E-state index contributed by atoms with van der Waals surface area (Å²) in [6.07, 6.45) is 16.4. The Bertz CT molecular complexity index is 4480. The number of amides is 15. The zero-order chi connectivity index (χ0) is 96.2. The highest BCUT2D eigenvalue weighted by Crippen LogP contribution is 2.23. The molecule has 5 rings (SSSR count). The molecule has 44 heteroatoms. The second-order valence-corrected chi connectivity index (χ2v) is 34.5. The Hall–Kier alpha value is -12.0. The number of aromatic nitrogens is 3. The molecule has 0 radical (unpaired) electrons. The molecule has 131 heavy (non-hydrogen) atoms. The van der Waals surface area contributed by atoms with Crippen LogP contribution >= 0.6 is 0 Å². The van der Waals surface area contributed by atoms with Gasteiger partial charge >= 0.3 is 0 Å². The average molecular weight is 1860 g/mol. The van der Waals surface area contributed by atoms with Gasteiger partial charge in [-0.25, -0.2) is 13.4 Å². The lowest BCUT2D eigenvalue weighted by atomic mass is 10.0. The normalized spacial score (nSPS) is 15.1.